The second-order valence-electron chi connectivity index (χ2n) is 2.72. The van der Waals surface area contributed by atoms with Gasteiger partial charge in [0, 0.05) is 26.0 Å². The Bertz CT molecular complexity index is 277. The molecule has 0 aliphatic heterocycles. The van der Waals surface area contributed by atoms with Gasteiger partial charge in [-0.05, 0) is 0 Å². The third-order valence-corrected chi connectivity index (χ3v) is 1.65. The lowest BCUT2D eigenvalue weighted by Gasteiger charge is -2.02. The molecule has 76 valence electrons. The number of ketones is 1. The summed E-state index contributed by atoms with van der Waals surface area (Å²) in [6, 6.07) is 0. The second-order valence-corrected chi connectivity index (χ2v) is 2.72. The molecule has 1 rings (SSSR count). The van der Waals surface area contributed by atoms with Crippen molar-refractivity contribution in [3.8, 4) is 0 Å². The molecule has 5 nitrogen and oxygen atoms in total. The minimum atomic E-state index is -0.0123. The van der Waals surface area contributed by atoms with Gasteiger partial charge in [-0.3, -0.25) is 4.79 Å². The van der Waals surface area contributed by atoms with Crippen LogP contribution in [0.4, 0.5) is 0 Å². The molecule has 0 aromatic carbocycles. The van der Waals surface area contributed by atoms with E-state index in [-0.39, 0.29) is 12.3 Å². The molecule has 14 heavy (non-hydrogen) atoms. The number of ether oxygens (including phenoxy) is 1. The van der Waals surface area contributed by atoms with Gasteiger partial charge in [0.25, 0.3) is 0 Å². The van der Waals surface area contributed by atoms with E-state index in [9.17, 15) is 4.79 Å². The number of aromatic nitrogens is 2. The van der Waals surface area contributed by atoms with Gasteiger partial charge < -0.3 is 10.1 Å². The fourth-order valence-corrected chi connectivity index (χ4v) is 0.921. The van der Waals surface area contributed by atoms with E-state index in [2.05, 4.69) is 15.3 Å². The van der Waals surface area contributed by atoms with E-state index < -0.39 is 0 Å². The molecule has 1 N–H and O–H groups in total. The average Bonchev–Trinajstić information content (AvgIpc) is 2.25. The quantitative estimate of drug-likeness (QED) is 0.507. The molecule has 5 heteroatoms. The van der Waals surface area contributed by atoms with E-state index in [1.807, 2.05) is 0 Å². The standard InChI is InChI=1S/C9H13N3O2/c1-14-3-2-10-6-9(13)8-4-11-7-12-5-8/h4-5,7,10H,2-3,6H2,1H3. The van der Waals surface area contributed by atoms with Crippen molar-refractivity contribution < 1.29 is 9.53 Å². The van der Waals surface area contributed by atoms with Crippen LogP contribution in [0.5, 0.6) is 0 Å². The van der Waals surface area contributed by atoms with Crippen molar-refractivity contribution in [2.24, 2.45) is 0 Å². The van der Waals surface area contributed by atoms with Gasteiger partial charge in [0.1, 0.15) is 6.33 Å². The Morgan fingerprint density at radius 1 is 1.50 bits per heavy atom. The number of rotatable bonds is 6. The number of hydrogen-bond acceptors (Lipinski definition) is 5. The van der Waals surface area contributed by atoms with Crippen LogP contribution in [0.1, 0.15) is 10.4 Å². The summed E-state index contributed by atoms with van der Waals surface area (Å²) >= 11 is 0. The first-order valence-electron chi connectivity index (χ1n) is 4.32. The molecule has 0 saturated carbocycles. The summed E-state index contributed by atoms with van der Waals surface area (Å²) in [5, 5.41) is 2.95. The second kappa shape index (κ2) is 6.17. The third kappa shape index (κ3) is 3.59. The fourth-order valence-electron chi connectivity index (χ4n) is 0.921. The van der Waals surface area contributed by atoms with Crippen molar-refractivity contribution >= 4 is 5.78 Å². The lowest BCUT2D eigenvalue weighted by Crippen LogP contribution is -2.26. The molecule has 0 fully saturated rings. The number of carbonyl (C=O) groups is 1. The van der Waals surface area contributed by atoms with E-state index in [0.29, 0.717) is 18.7 Å². The van der Waals surface area contributed by atoms with Gasteiger partial charge in [-0.1, -0.05) is 0 Å². The predicted octanol–water partition coefficient (Wildman–Crippen LogP) is -0.105. The van der Waals surface area contributed by atoms with Crippen LogP contribution in [-0.4, -0.2) is 42.6 Å². The highest BCUT2D eigenvalue weighted by atomic mass is 16.5. The molecule has 0 unspecified atom stereocenters. The Kier molecular flexibility index (Phi) is 4.74. The number of Topliss-reactive ketones (excluding diaryl/α,β-unsaturated/α-hetero) is 1. The highest BCUT2D eigenvalue weighted by molar-refractivity contribution is 5.96. The molecular formula is C9H13N3O2. The Labute approximate surface area is 82.5 Å². The van der Waals surface area contributed by atoms with Gasteiger partial charge in [0.2, 0.25) is 0 Å². The van der Waals surface area contributed by atoms with Gasteiger partial charge in [-0.25, -0.2) is 9.97 Å². The van der Waals surface area contributed by atoms with Crippen LogP contribution in [-0.2, 0) is 4.74 Å². The zero-order chi connectivity index (χ0) is 10.2. The van der Waals surface area contributed by atoms with E-state index in [1.54, 1.807) is 7.11 Å². The fraction of sp³-hybridized carbons (Fsp3) is 0.444. The van der Waals surface area contributed by atoms with E-state index in [1.165, 1.54) is 18.7 Å². The molecule has 0 amide bonds. The van der Waals surface area contributed by atoms with Crippen molar-refractivity contribution in [1.29, 1.82) is 0 Å². The monoisotopic (exact) mass is 195 g/mol. The first kappa shape index (κ1) is 10.7. The molecular weight excluding hydrogens is 182 g/mol. The van der Waals surface area contributed by atoms with Gasteiger partial charge in [0.15, 0.2) is 5.78 Å². The molecule has 0 spiro atoms. The van der Waals surface area contributed by atoms with Crippen molar-refractivity contribution in [2.75, 3.05) is 26.8 Å². The van der Waals surface area contributed by atoms with Gasteiger partial charge >= 0.3 is 0 Å². The summed E-state index contributed by atoms with van der Waals surface area (Å²) in [5.74, 6) is -0.0123. The smallest absolute Gasteiger partial charge is 0.179 e. The highest BCUT2D eigenvalue weighted by Gasteiger charge is 2.04. The normalized spacial score (nSPS) is 10.1. The van der Waals surface area contributed by atoms with Gasteiger partial charge in [-0.2, -0.15) is 0 Å². The zero-order valence-electron chi connectivity index (χ0n) is 8.06. The number of nitrogens with zero attached hydrogens (tertiary/aromatic N) is 2. The zero-order valence-corrected chi connectivity index (χ0v) is 8.06. The molecule has 0 saturated heterocycles. The van der Waals surface area contributed by atoms with Gasteiger partial charge in [0.05, 0.1) is 18.7 Å². The topological polar surface area (TPSA) is 64.1 Å². The predicted molar refractivity (Wildman–Crippen MR) is 51.1 cm³/mol. The Morgan fingerprint density at radius 2 is 2.21 bits per heavy atom. The SMILES string of the molecule is COCCNCC(=O)c1cncnc1. The number of hydrogen-bond donors (Lipinski definition) is 1. The van der Waals surface area contributed by atoms with Crippen LogP contribution in [0, 0.1) is 0 Å². The molecule has 1 aromatic rings. The Balaban J connectivity index is 2.29. The molecule has 0 aliphatic rings. The first-order valence-corrected chi connectivity index (χ1v) is 4.32. The maximum atomic E-state index is 11.4. The minimum absolute atomic E-state index is 0.0123. The minimum Gasteiger partial charge on any atom is -0.383 e. The van der Waals surface area contributed by atoms with E-state index in [4.69, 9.17) is 4.74 Å². The molecule has 0 aliphatic carbocycles. The molecule has 1 aromatic heterocycles. The molecule has 0 atom stereocenters. The van der Waals surface area contributed by atoms with E-state index in [0.717, 1.165) is 0 Å². The lowest BCUT2D eigenvalue weighted by atomic mass is 10.2. The summed E-state index contributed by atoms with van der Waals surface area (Å²) in [6.07, 6.45) is 4.41. The maximum absolute atomic E-state index is 11.4. The summed E-state index contributed by atoms with van der Waals surface area (Å²) in [4.78, 5) is 19.0. The van der Waals surface area contributed by atoms with Crippen LogP contribution in [0.2, 0.25) is 0 Å². The van der Waals surface area contributed by atoms with Crippen LogP contribution in [0.25, 0.3) is 0 Å². The van der Waals surface area contributed by atoms with Crippen molar-refractivity contribution in [1.82, 2.24) is 15.3 Å². The van der Waals surface area contributed by atoms with Crippen molar-refractivity contribution in [3.05, 3.63) is 24.3 Å². The van der Waals surface area contributed by atoms with Crippen LogP contribution >= 0.6 is 0 Å². The Morgan fingerprint density at radius 3 is 2.86 bits per heavy atom. The number of carbonyl (C=O) groups excluding carboxylic acids is 1. The lowest BCUT2D eigenvalue weighted by molar-refractivity contribution is 0.0987. The van der Waals surface area contributed by atoms with Crippen molar-refractivity contribution in [3.63, 3.8) is 0 Å². The van der Waals surface area contributed by atoms with Crippen LogP contribution in [0.3, 0.4) is 0 Å². The van der Waals surface area contributed by atoms with Crippen molar-refractivity contribution in [2.45, 2.75) is 0 Å². The number of nitrogens with one attached hydrogen (secondary N) is 1. The summed E-state index contributed by atoms with van der Waals surface area (Å²) in [6.45, 7) is 1.55. The largest absolute Gasteiger partial charge is 0.383 e. The molecule has 0 bridgehead atoms. The first-order chi connectivity index (χ1) is 6.84. The summed E-state index contributed by atoms with van der Waals surface area (Å²) in [5.41, 5.74) is 0.525. The summed E-state index contributed by atoms with van der Waals surface area (Å²) < 4.78 is 4.83. The Hall–Kier alpha value is -1.33. The number of methoxy groups -OCH3 is 1. The molecule has 0 radical (unpaired) electrons. The highest BCUT2D eigenvalue weighted by Crippen LogP contribution is 1.93. The van der Waals surface area contributed by atoms with Gasteiger partial charge in [-0.15, -0.1) is 0 Å². The summed E-state index contributed by atoms with van der Waals surface area (Å²) in [7, 11) is 1.62. The average molecular weight is 195 g/mol. The van der Waals surface area contributed by atoms with Crippen LogP contribution < -0.4 is 5.32 Å². The third-order valence-electron chi connectivity index (χ3n) is 1.65. The van der Waals surface area contributed by atoms with E-state index >= 15 is 0 Å². The maximum Gasteiger partial charge on any atom is 0.179 e. The van der Waals surface area contributed by atoms with Crippen LogP contribution in [0.15, 0.2) is 18.7 Å². The molecule has 1 heterocycles.